The predicted octanol–water partition coefficient (Wildman–Crippen LogP) is 3.57. The number of carbonyl (C=O) groups excluding carboxylic acids is 2. The van der Waals surface area contributed by atoms with Crippen LogP contribution in [-0.4, -0.2) is 62.2 Å². The fourth-order valence-electron chi connectivity index (χ4n) is 4.09. The van der Waals surface area contributed by atoms with Gasteiger partial charge >= 0.3 is 10.2 Å². The van der Waals surface area contributed by atoms with Crippen LogP contribution in [0.5, 0.6) is 0 Å². The summed E-state index contributed by atoms with van der Waals surface area (Å²) >= 11 is 6.00. The molecule has 1 saturated carbocycles. The van der Waals surface area contributed by atoms with Crippen molar-refractivity contribution < 1.29 is 22.4 Å². The van der Waals surface area contributed by atoms with E-state index < -0.39 is 34.5 Å². The van der Waals surface area contributed by atoms with Gasteiger partial charge in [-0.05, 0) is 61.7 Å². The molecule has 1 fully saturated rings. The summed E-state index contributed by atoms with van der Waals surface area (Å²) in [6.07, 6.45) is 3.87. The maximum atomic E-state index is 13.6. The minimum Gasteiger partial charge on any atom is -0.352 e. The van der Waals surface area contributed by atoms with Gasteiger partial charge in [-0.2, -0.15) is 12.7 Å². The van der Waals surface area contributed by atoms with Gasteiger partial charge < -0.3 is 10.2 Å². The second-order valence-corrected chi connectivity index (χ2v) is 11.6. The van der Waals surface area contributed by atoms with Gasteiger partial charge in [0, 0.05) is 31.7 Å². The molecular formula is C25H32ClFN4O4S. The lowest BCUT2D eigenvalue weighted by Crippen LogP contribution is -2.53. The summed E-state index contributed by atoms with van der Waals surface area (Å²) in [5, 5.41) is 3.54. The lowest BCUT2D eigenvalue weighted by atomic mass is 10.1. The molecule has 36 heavy (non-hydrogen) atoms. The Balaban J connectivity index is 1.91. The Kier molecular flexibility index (Phi) is 9.32. The topological polar surface area (TPSA) is 90.0 Å². The molecule has 0 saturated heterocycles. The van der Waals surface area contributed by atoms with Crippen molar-refractivity contribution in [1.82, 2.24) is 14.5 Å². The third-order valence-electron chi connectivity index (χ3n) is 6.27. The summed E-state index contributed by atoms with van der Waals surface area (Å²) in [7, 11) is -1.40. The monoisotopic (exact) mass is 538 g/mol. The van der Waals surface area contributed by atoms with Crippen LogP contribution in [0.2, 0.25) is 5.02 Å². The first-order valence-corrected chi connectivity index (χ1v) is 13.6. The maximum Gasteiger partial charge on any atom is 0.304 e. The van der Waals surface area contributed by atoms with E-state index in [1.807, 2.05) is 0 Å². The van der Waals surface area contributed by atoms with E-state index in [9.17, 15) is 22.4 Å². The van der Waals surface area contributed by atoms with E-state index in [-0.39, 0.29) is 24.2 Å². The summed E-state index contributed by atoms with van der Waals surface area (Å²) in [6.45, 7) is 1.14. The summed E-state index contributed by atoms with van der Waals surface area (Å²) in [6, 6.07) is 10.9. The summed E-state index contributed by atoms with van der Waals surface area (Å²) in [5.74, 6) is -1.41. The van der Waals surface area contributed by atoms with E-state index in [0.29, 0.717) is 5.02 Å². The molecule has 2 aromatic rings. The van der Waals surface area contributed by atoms with Gasteiger partial charge in [0.25, 0.3) is 0 Å². The molecule has 1 unspecified atom stereocenters. The van der Waals surface area contributed by atoms with Crippen molar-refractivity contribution in [2.75, 3.05) is 24.9 Å². The van der Waals surface area contributed by atoms with Crippen molar-refractivity contribution in [3.05, 3.63) is 64.9 Å². The van der Waals surface area contributed by atoms with Crippen LogP contribution in [0.15, 0.2) is 48.5 Å². The number of anilines is 1. The van der Waals surface area contributed by atoms with Crippen molar-refractivity contribution in [3.8, 4) is 0 Å². The molecule has 1 N–H and O–H groups in total. The molecule has 0 radical (unpaired) electrons. The number of nitrogens with one attached hydrogen (secondary N) is 1. The molecule has 1 atom stereocenters. The van der Waals surface area contributed by atoms with Gasteiger partial charge in [-0.15, -0.1) is 0 Å². The molecule has 0 aliphatic heterocycles. The van der Waals surface area contributed by atoms with Crippen LogP contribution in [0.1, 0.15) is 38.2 Å². The third-order valence-corrected chi connectivity index (χ3v) is 8.34. The van der Waals surface area contributed by atoms with E-state index in [1.165, 1.54) is 31.1 Å². The normalized spacial score (nSPS) is 15.1. The minimum atomic E-state index is -4.10. The van der Waals surface area contributed by atoms with Crippen LogP contribution in [0.4, 0.5) is 10.1 Å². The van der Waals surface area contributed by atoms with Crippen molar-refractivity contribution >= 4 is 39.3 Å². The molecule has 0 spiro atoms. The van der Waals surface area contributed by atoms with E-state index in [0.717, 1.165) is 52.0 Å². The molecule has 2 amide bonds. The Morgan fingerprint density at radius 2 is 1.64 bits per heavy atom. The number of benzene rings is 2. The third kappa shape index (κ3) is 6.96. The SMILES string of the molecule is CC(C(=O)NC1CCCC1)N(Cc1ccc(Cl)cc1)C(=O)CN(c1ccc(F)cc1)S(=O)(=O)N(C)C. The Morgan fingerprint density at radius 3 is 2.19 bits per heavy atom. The van der Waals surface area contributed by atoms with E-state index >= 15 is 0 Å². The summed E-state index contributed by atoms with van der Waals surface area (Å²) < 4.78 is 41.6. The molecule has 196 valence electrons. The zero-order chi connectivity index (χ0) is 26.5. The summed E-state index contributed by atoms with van der Waals surface area (Å²) in [4.78, 5) is 28.1. The molecule has 0 bridgehead atoms. The highest BCUT2D eigenvalue weighted by molar-refractivity contribution is 7.90. The number of carbonyl (C=O) groups is 2. The Labute approximate surface area is 217 Å². The highest BCUT2D eigenvalue weighted by atomic mass is 35.5. The highest BCUT2D eigenvalue weighted by Gasteiger charge is 2.33. The number of rotatable bonds is 10. The predicted molar refractivity (Wildman–Crippen MR) is 138 cm³/mol. The van der Waals surface area contributed by atoms with E-state index in [4.69, 9.17) is 11.6 Å². The van der Waals surface area contributed by atoms with Gasteiger partial charge in [-0.3, -0.25) is 9.59 Å². The maximum absolute atomic E-state index is 13.6. The molecule has 0 heterocycles. The lowest BCUT2D eigenvalue weighted by molar-refractivity contribution is -0.139. The first-order chi connectivity index (χ1) is 17.0. The Morgan fingerprint density at radius 1 is 1.06 bits per heavy atom. The van der Waals surface area contributed by atoms with Gasteiger partial charge in [0.05, 0.1) is 5.69 Å². The van der Waals surface area contributed by atoms with Crippen molar-refractivity contribution in [3.63, 3.8) is 0 Å². The van der Waals surface area contributed by atoms with Crippen LogP contribution in [0.3, 0.4) is 0 Å². The standard InChI is InChI=1S/C25H32ClFN4O4S/c1-18(25(33)28-22-6-4-5-7-22)30(16-19-8-10-20(26)11-9-19)24(32)17-31(36(34,35)29(2)3)23-14-12-21(27)13-15-23/h8-15,18,22H,4-7,16-17H2,1-3H3,(H,28,33). The van der Waals surface area contributed by atoms with Crippen molar-refractivity contribution in [2.24, 2.45) is 0 Å². The van der Waals surface area contributed by atoms with Gasteiger partial charge in [0.15, 0.2) is 0 Å². The zero-order valence-electron chi connectivity index (χ0n) is 20.7. The fraction of sp³-hybridized carbons (Fsp3) is 0.440. The zero-order valence-corrected chi connectivity index (χ0v) is 22.2. The van der Waals surface area contributed by atoms with Crippen molar-refractivity contribution in [1.29, 1.82) is 0 Å². The molecule has 11 heteroatoms. The van der Waals surface area contributed by atoms with Crippen LogP contribution in [0, 0.1) is 5.82 Å². The highest BCUT2D eigenvalue weighted by Crippen LogP contribution is 2.22. The molecule has 2 aromatic carbocycles. The van der Waals surface area contributed by atoms with Gasteiger partial charge in [-0.1, -0.05) is 36.6 Å². The van der Waals surface area contributed by atoms with Gasteiger partial charge in [-0.25, -0.2) is 8.70 Å². The lowest BCUT2D eigenvalue weighted by Gasteiger charge is -2.33. The van der Waals surface area contributed by atoms with Gasteiger partial charge in [0.2, 0.25) is 11.8 Å². The average Bonchev–Trinajstić information content (AvgIpc) is 3.35. The van der Waals surface area contributed by atoms with Crippen LogP contribution >= 0.6 is 11.6 Å². The number of hydrogen-bond acceptors (Lipinski definition) is 4. The summed E-state index contributed by atoms with van der Waals surface area (Å²) in [5.41, 5.74) is 0.866. The molecule has 1 aliphatic carbocycles. The first-order valence-electron chi connectivity index (χ1n) is 11.8. The van der Waals surface area contributed by atoms with Crippen LogP contribution in [-0.2, 0) is 26.3 Å². The number of halogens is 2. The second kappa shape index (κ2) is 12.0. The van der Waals surface area contributed by atoms with Crippen LogP contribution in [0.25, 0.3) is 0 Å². The quantitative estimate of drug-likeness (QED) is 0.501. The smallest absolute Gasteiger partial charge is 0.304 e. The van der Waals surface area contributed by atoms with Crippen LogP contribution < -0.4 is 9.62 Å². The second-order valence-electron chi connectivity index (χ2n) is 9.09. The fourth-order valence-corrected chi connectivity index (χ4v) is 5.27. The molecule has 0 aromatic heterocycles. The molecular weight excluding hydrogens is 507 g/mol. The Bertz CT molecular complexity index is 1150. The number of amides is 2. The molecule has 1 aliphatic rings. The van der Waals surface area contributed by atoms with Gasteiger partial charge in [0.1, 0.15) is 18.4 Å². The van der Waals surface area contributed by atoms with E-state index in [1.54, 1.807) is 31.2 Å². The number of hydrogen-bond donors (Lipinski definition) is 1. The first kappa shape index (κ1) is 27.9. The molecule has 3 rings (SSSR count). The van der Waals surface area contributed by atoms with E-state index in [2.05, 4.69) is 5.32 Å². The Hall–Kier alpha value is -2.69. The molecule has 8 nitrogen and oxygen atoms in total. The largest absolute Gasteiger partial charge is 0.352 e. The minimum absolute atomic E-state index is 0.0669. The average molecular weight is 539 g/mol. The number of nitrogens with zero attached hydrogens (tertiary/aromatic N) is 3. The van der Waals surface area contributed by atoms with Crippen molar-refractivity contribution in [2.45, 2.75) is 51.2 Å².